The molecule has 4 aromatic rings. The Labute approximate surface area is 144 Å². The van der Waals surface area contributed by atoms with Crippen LogP contribution in [0.15, 0.2) is 71.4 Å². The number of oxazole rings is 1. The Morgan fingerprint density at radius 3 is 2.64 bits per heavy atom. The number of nitrogens with one attached hydrogen (secondary N) is 1. The van der Waals surface area contributed by atoms with Crippen LogP contribution < -0.4 is 5.32 Å². The predicted octanol–water partition coefficient (Wildman–Crippen LogP) is 3.86. The van der Waals surface area contributed by atoms with Gasteiger partial charge in [-0.25, -0.2) is 4.98 Å². The highest BCUT2D eigenvalue weighted by Crippen LogP contribution is 2.17. The van der Waals surface area contributed by atoms with Gasteiger partial charge in [-0.15, -0.1) is 0 Å². The van der Waals surface area contributed by atoms with Gasteiger partial charge in [-0.1, -0.05) is 6.07 Å². The lowest BCUT2D eigenvalue weighted by Crippen LogP contribution is -2.22. The smallest absolute Gasteiger partial charge is 0.251 e. The van der Waals surface area contributed by atoms with Crippen LogP contribution >= 0.6 is 0 Å². The first kappa shape index (κ1) is 15.2. The number of benzene rings is 2. The lowest BCUT2D eigenvalue weighted by Gasteiger charge is -2.07. The minimum atomic E-state index is -0.104. The SMILES string of the molecule is Cc1nc2ccc(CNC(=O)c3ccc(-n4cccc4)cc3)cc2o1. The average molecular weight is 331 g/mol. The molecule has 0 unspecified atom stereocenters. The molecule has 5 nitrogen and oxygen atoms in total. The molecular formula is C20H17N3O2. The molecule has 124 valence electrons. The van der Waals surface area contributed by atoms with Crippen molar-refractivity contribution >= 4 is 17.0 Å². The summed E-state index contributed by atoms with van der Waals surface area (Å²) < 4.78 is 7.52. The second-order valence-corrected chi connectivity index (χ2v) is 5.85. The van der Waals surface area contributed by atoms with Gasteiger partial charge in [-0.2, -0.15) is 0 Å². The van der Waals surface area contributed by atoms with E-state index in [9.17, 15) is 4.79 Å². The zero-order valence-electron chi connectivity index (χ0n) is 13.8. The van der Waals surface area contributed by atoms with E-state index in [0.29, 0.717) is 18.0 Å². The Balaban J connectivity index is 1.44. The maximum Gasteiger partial charge on any atom is 0.251 e. The molecule has 2 aromatic carbocycles. The Kier molecular flexibility index (Phi) is 3.82. The largest absolute Gasteiger partial charge is 0.441 e. The molecule has 0 fully saturated rings. The molecule has 2 aromatic heterocycles. The first-order valence-electron chi connectivity index (χ1n) is 8.07. The number of fused-ring (bicyclic) bond motifs is 1. The molecule has 0 bridgehead atoms. The van der Waals surface area contributed by atoms with Crippen molar-refractivity contribution in [1.82, 2.24) is 14.9 Å². The summed E-state index contributed by atoms with van der Waals surface area (Å²) in [6, 6.07) is 17.2. The van der Waals surface area contributed by atoms with E-state index in [1.807, 2.05) is 78.5 Å². The lowest BCUT2D eigenvalue weighted by atomic mass is 10.1. The summed E-state index contributed by atoms with van der Waals surface area (Å²) in [6.45, 7) is 2.26. The van der Waals surface area contributed by atoms with Crippen molar-refractivity contribution in [3.8, 4) is 5.69 Å². The van der Waals surface area contributed by atoms with Gasteiger partial charge in [0.1, 0.15) is 5.52 Å². The van der Waals surface area contributed by atoms with Crippen LogP contribution in [0.2, 0.25) is 0 Å². The Morgan fingerprint density at radius 2 is 1.88 bits per heavy atom. The van der Waals surface area contributed by atoms with E-state index < -0.39 is 0 Å². The molecule has 2 heterocycles. The fraction of sp³-hybridized carbons (Fsp3) is 0.100. The zero-order chi connectivity index (χ0) is 17.2. The van der Waals surface area contributed by atoms with E-state index in [-0.39, 0.29) is 5.91 Å². The molecule has 0 aliphatic carbocycles. The van der Waals surface area contributed by atoms with E-state index in [1.165, 1.54) is 0 Å². The first-order valence-corrected chi connectivity index (χ1v) is 8.07. The zero-order valence-corrected chi connectivity index (χ0v) is 13.8. The van der Waals surface area contributed by atoms with Crippen molar-refractivity contribution < 1.29 is 9.21 Å². The summed E-state index contributed by atoms with van der Waals surface area (Å²) in [5, 5.41) is 2.93. The third kappa shape index (κ3) is 3.17. The van der Waals surface area contributed by atoms with Crippen LogP contribution in [0.3, 0.4) is 0 Å². The van der Waals surface area contributed by atoms with Gasteiger partial charge >= 0.3 is 0 Å². The molecule has 0 radical (unpaired) electrons. The van der Waals surface area contributed by atoms with Gasteiger partial charge in [0.05, 0.1) is 0 Å². The summed E-state index contributed by atoms with van der Waals surface area (Å²) in [7, 11) is 0. The molecule has 0 saturated carbocycles. The molecule has 4 rings (SSSR count). The normalized spacial score (nSPS) is 10.9. The van der Waals surface area contributed by atoms with Crippen LogP contribution in [0.5, 0.6) is 0 Å². The van der Waals surface area contributed by atoms with E-state index in [0.717, 1.165) is 22.4 Å². The summed E-state index contributed by atoms with van der Waals surface area (Å²) >= 11 is 0. The molecule has 0 aliphatic heterocycles. The summed E-state index contributed by atoms with van der Waals surface area (Å²) in [5.41, 5.74) is 4.19. The van der Waals surface area contributed by atoms with Crippen LogP contribution in [-0.2, 0) is 6.54 Å². The molecule has 1 amide bonds. The minimum absolute atomic E-state index is 0.104. The van der Waals surface area contributed by atoms with E-state index >= 15 is 0 Å². The number of aryl methyl sites for hydroxylation is 1. The van der Waals surface area contributed by atoms with Crippen molar-refractivity contribution in [3.63, 3.8) is 0 Å². The number of hydrogen-bond acceptors (Lipinski definition) is 3. The number of carbonyl (C=O) groups is 1. The van der Waals surface area contributed by atoms with E-state index in [2.05, 4.69) is 10.3 Å². The van der Waals surface area contributed by atoms with E-state index in [1.54, 1.807) is 0 Å². The summed E-state index contributed by atoms with van der Waals surface area (Å²) in [6.07, 6.45) is 3.94. The highest BCUT2D eigenvalue weighted by atomic mass is 16.3. The Morgan fingerprint density at radius 1 is 1.12 bits per heavy atom. The van der Waals surface area contributed by atoms with Crippen LogP contribution in [0.4, 0.5) is 0 Å². The van der Waals surface area contributed by atoms with Gasteiger partial charge in [0.15, 0.2) is 11.5 Å². The van der Waals surface area contributed by atoms with Crippen molar-refractivity contribution in [3.05, 3.63) is 84.0 Å². The Bertz CT molecular complexity index is 1010. The second kappa shape index (κ2) is 6.28. The predicted molar refractivity (Wildman–Crippen MR) is 95.7 cm³/mol. The first-order chi connectivity index (χ1) is 12.2. The molecule has 0 atom stereocenters. The Hall–Kier alpha value is -3.34. The number of nitrogens with zero attached hydrogens (tertiary/aromatic N) is 2. The molecular weight excluding hydrogens is 314 g/mol. The van der Waals surface area contributed by atoms with Crippen molar-refractivity contribution in [1.29, 1.82) is 0 Å². The topological polar surface area (TPSA) is 60.1 Å². The summed E-state index contributed by atoms with van der Waals surface area (Å²) in [4.78, 5) is 16.6. The highest BCUT2D eigenvalue weighted by molar-refractivity contribution is 5.94. The van der Waals surface area contributed by atoms with Crippen LogP contribution in [0, 0.1) is 6.92 Å². The maximum atomic E-state index is 12.3. The highest BCUT2D eigenvalue weighted by Gasteiger charge is 2.07. The standard InChI is InChI=1S/C20H17N3O2/c1-14-22-18-9-4-15(12-19(18)25-14)13-21-20(24)16-5-7-17(8-6-16)23-10-2-3-11-23/h2-12H,13H2,1H3,(H,21,24). The van der Waals surface area contributed by atoms with Gasteiger partial charge in [-0.05, 0) is 54.1 Å². The third-order valence-corrected chi connectivity index (χ3v) is 4.04. The average Bonchev–Trinajstić information content (AvgIpc) is 3.28. The van der Waals surface area contributed by atoms with Crippen molar-refractivity contribution in [2.75, 3.05) is 0 Å². The molecule has 5 heteroatoms. The third-order valence-electron chi connectivity index (χ3n) is 4.04. The quantitative estimate of drug-likeness (QED) is 0.618. The molecule has 25 heavy (non-hydrogen) atoms. The fourth-order valence-electron chi connectivity index (χ4n) is 2.77. The van der Waals surface area contributed by atoms with Gasteiger partial charge in [0, 0.05) is 37.1 Å². The number of amides is 1. The molecule has 0 aliphatic rings. The number of aromatic nitrogens is 2. The second-order valence-electron chi connectivity index (χ2n) is 5.85. The van der Waals surface area contributed by atoms with Gasteiger partial charge in [0.25, 0.3) is 5.91 Å². The number of carbonyl (C=O) groups excluding carboxylic acids is 1. The van der Waals surface area contributed by atoms with E-state index in [4.69, 9.17) is 4.42 Å². The van der Waals surface area contributed by atoms with Gasteiger partial charge in [-0.3, -0.25) is 4.79 Å². The molecule has 1 N–H and O–H groups in total. The van der Waals surface area contributed by atoms with Crippen LogP contribution in [-0.4, -0.2) is 15.5 Å². The van der Waals surface area contributed by atoms with Crippen LogP contribution in [0.25, 0.3) is 16.8 Å². The summed E-state index contributed by atoms with van der Waals surface area (Å²) in [5.74, 6) is 0.534. The van der Waals surface area contributed by atoms with Gasteiger partial charge < -0.3 is 14.3 Å². The molecule has 0 spiro atoms. The van der Waals surface area contributed by atoms with Crippen LogP contribution in [0.1, 0.15) is 21.8 Å². The molecule has 0 saturated heterocycles. The van der Waals surface area contributed by atoms with Crippen molar-refractivity contribution in [2.45, 2.75) is 13.5 Å². The number of rotatable bonds is 4. The maximum absolute atomic E-state index is 12.3. The fourth-order valence-corrected chi connectivity index (χ4v) is 2.77. The minimum Gasteiger partial charge on any atom is -0.441 e. The monoisotopic (exact) mass is 331 g/mol. The van der Waals surface area contributed by atoms with Gasteiger partial charge in [0.2, 0.25) is 0 Å². The van der Waals surface area contributed by atoms with Crippen molar-refractivity contribution in [2.24, 2.45) is 0 Å². The lowest BCUT2D eigenvalue weighted by molar-refractivity contribution is 0.0951. The number of hydrogen-bond donors (Lipinski definition) is 1.